The molecule has 0 aromatic carbocycles. The van der Waals surface area contributed by atoms with E-state index in [9.17, 15) is 75.4 Å². The lowest BCUT2D eigenvalue weighted by atomic mass is 9.90. The van der Waals surface area contributed by atoms with Crippen molar-refractivity contribution in [2.24, 2.45) is 5.92 Å². The Labute approximate surface area is 205 Å². The smallest absolute Gasteiger partial charge is 0.460 e. The number of nitrogens with one attached hydrogen (secondary N) is 1. The summed E-state index contributed by atoms with van der Waals surface area (Å²) in [7, 11) is 0. The third-order valence-corrected chi connectivity index (χ3v) is 4.90. The van der Waals surface area contributed by atoms with Gasteiger partial charge in [-0.2, -0.15) is 65.9 Å². The van der Waals surface area contributed by atoms with Gasteiger partial charge in [-0.05, 0) is 18.8 Å². The van der Waals surface area contributed by atoms with Crippen molar-refractivity contribution in [1.82, 2.24) is 5.32 Å². The highest BCUT2D eigenvalue weighted by atomic mass is 19.4. The molecular formula is C19H22F15NO3. The van der Waals surface area contributed by atoms with Crippen LogP contribution in [-0.2, 0) is 14.3 Å². The van der Waals surface area contributed by atoms with Crippen LogP contribution < -0.4 is 5.32 Å². The van der Waals surface area contributed by atoms with Gasteiger partial charge >= 0.3 is 47.7 Å². The second-order valence-corrected chi connectivity index (χ2v) is 8.47. The van der Waals surface area contributed by atoms with Crippen LogP contribution in [0, 0.1) is 5.92 Å². The van der Waals surface area contributed by atoms with Crippen LogP contribution in [0.4, 0.5) is 65.9 Å². The second kappa shape index (κ2) is 11.6. The Balaban J connectivity index is 6.32. The molecular weight excluding hydrogens is 575 g/mol. The monoisotopic (exact) mass is 597 g/mol. The highest BCUT2D eigenvalue weighted by Crippen LogP contribution is 2.62. The summed E-state index contributed by atoms with van der Waals surface area (Å²) in [5, 5.41) is 0.815. The van der Waals surface area contributed by atoms with Gasteiger partial charge in [-0.3, -0.25) is 4.79 Å². The minimum atomic E-state index is -8.51. The fraction of sp³-hybridized carbons (Fsp3) is 0.895. The van der Waals surface area contributed by atoms with Crippen LogP contribution in [0.5, 0.6) is 0 Å². The van der Waals surface area contributed by atoms with E-state index in [1.807, 2.05) is 0 Å². The van der Waals surface area contributed by atoms with Gasteiger partial charge in [0.25, 0.3) is 5.91 Å². The first-order chi connectivity index (χ1) is 16.7. The van der Waals surface area contributed by atoms with Crippen molar-refractivity contribution in [2.75, 3.05) is 6.61 Å². The molecule has 38 heavy (non-hydrogen) atoms. The molecule has 0 aromatic rings. The third kappa shape index (κ3) is 6.37. The molecule has 0 saturated carbocycles. The Hall–Kier alpha value is -2.11. The molecule has 4 nitrogen and oxygen atoms in total. The normalized spacial score (nSPS) is 15.4. The zero-order valence-corrected chi connectivity index (χ0v) is 19.6. The number of halogens is 15. The average Bonchev–Trinajstić information content (AvgIpc) is 2.74. The van der Waals surface area contributed by atoms with E-state index in [1.54, 1.807) is 6.92 Å². The zero-order chi connectivity index (χ0) is 30.8. The van der Waals surface area contributed by atoms with E-state index in [0.717, 1.165) is 5.32 Å². The lowest BCUT2D eigenvalue weighted by Crippen LogP contribution is -2.74. The van der Waals surface area contributed by atoms with E-state index < -0.39 is 78.6 Å². The van der Waals surface area contributed by atoms with Crippen molar-refractivity contribution in [1.29, 1.82) is 0 Å². The van der Waals surface area contributed by atoms with Crippen LogP contribution in [0.15, 0.2) is 0 Å². The van der Waals surface area contributed by atoms with Crippen LogP contribution in [0.1, 0.15) is 46.5 Å². The van der Waals surface area contributed by atoms with E-state index in [2.05, 4.69) is 4.74 Å². The number of esters is 1. The first-order valence-corrected chi connectivity index (χ1v) is 10.5. The molecule has 0 aliphatic carbocycles. The van der Waals surface area contributed by atoms with E-state index in [1.165, 1.54) is 13.8 Å². The molecule has 1 N–H and O–H groups in total. The van der Waals surface area contributed by atoms with Crippen LogP contribution in [0.2, 0.25) is 0 Å². The number of hydrogen-bond acceptors (Lipinski definition) is 3. The first kappa shape index (κ1) is 35.9. The van der Waals surface area contributed by atoms with Gasteiger partial charge in [0.2, 0.25) is 0 Å². The molecule has 0 aliphatic rings. The summed E-state index contributed by atoms with van der Waals surface area (Å²) >= 11 is 0. The molecule has 0 aromatic heterocycles. The maximum atomic E-state index is 14.1. The molecule has 1 amide bonds. The molecule has 1 unspecified atom stereocenters. The largest absolute Gasteiger partial charge is 0.464 e. The van der Waals surface area contributed by atoms with Gasteiger partial charge in [0.05, 0.1) is 6.61 Å². The fourth-order valence-electron chi connectivity index (χ4n) is 2.67. The number of ether oxygens (including phenoxy) is 1. The van der Waals surface area contributed by atoms with Gasteiger partial charge in [0.1, 0.15) is 6.04 Å². The summed E-state index contributed by atoms with van der Waals surface area (Å²) in [5.74, 6) is -54.6. The van der Waals surface area contributed by atoms with Crippen molar-refractivity contribution < 1.29 is 80.2 Å². The van der Waals surface area contributed by atoms with Crippen molar-refractivity contribution in [3.05, 3.63) is 0 Å². The minimum Gasteiger partial charge on any atom is -0.464 e. The summed E-state index contributed by atoms with van der Waals surface area (Å²) < 4.78 is 204. The predicted octanol–water partition coefficient (Wildman–Crippen LogP) is 6.62. The van der Waals surface area contributed by atoms with Crippen molar-refractivity contribution in [2.45, 2.75) is 94.2 Å². The Morgan fingerprint density at radius 1 is 0.684 bits per heavy atom. The highest BCUT2D eigenvalue weighted by molar-refractivity contribution is 5.89. The molecule has 0 saturated heterocycles. The van der Waals surface area contributed by atoms with Crippen molar-refractivity contribution in [3.8, 4) is 0 Å². The lowest BCUT2D eigenvalue weighted by Gasteiger charge is -2.41. The Morgan fingerprint density at radius 2 is 1.11 bits per heavy atom. The lowest BCUT2D eigenvalue weighted by molar-refractivity contribution is -0.449. The third-order valence-electron chi connectivity index (χ3n) is 4.90. The number of amides is 1. The predicted molar refractivity (Wildman–Crippen MR) is 97.6 cm³/mol. The molecule has 19 heteroatoms. The molecule has 0 fully saturated rings. The van der Waals surface area contributed by atoms with Gasteiger partial charge in [0, 0.05) is 0 Å². The molecule has 1 atom stereocenters. The first-order valence-electron chi connectivity index (χ1n) is 10.5. The summed E-state index contributed by atoms with van der Waals surface area (Å²) in [6.45, 7) is 3.86. The fourth-order valence-corrected chi connectivity index (χ4v) is 2.67. The topological polar surface area (TPSA) is 55.4 Å². The average molecular weight is 597 g/mol. The molecule has 0 aliphatic heterocycles. The minimum absolute atomic E-state index is 0.191. The van der Waals surface area contributed by atoms with E-state index in [4.69, 9.17) is 0 Å². The molecule has 226 valence electrons. The number of alkyl halides is 15. The number of rotatable bonds is 14. The number of carbonyl (C=O) groups is 2. The van der Waals surface area contributed by atoms with Crippen molar-refractivity contribution >= 4 is 11.9 Å². The summed E-state index contributed by atoms with van der Waals surface area (Å²) in [4.78, 5) is 23.7. The maximum absolute atomic E-state index is 14.1. The van der Waals surface area contributed by atoms with Gasteiger partial charge < -0.3 is 10.1 Å². The maximum Gasteiger partial charge on any atom is 0.460 e. The second-order valence-electron chi connectivity index (χ2n) is 8.47. The Kier molecular flexibility index (Phi) is 10.9. The van der Waals surface area contributed by atoms with Gasteiger partial charge in [-0.15, -0.1) is 0 Å². The Bertz CT molecular complexity index is 825. The summed E-state index contributed by atoms with van der Waals surface area (Å²) in [5.41, 5.74) is 0. The number of carbonyl (C=O) groups excluding carboxylic acids is 2. The number of unbranched alkanes of at least 4 members (excludes halogenated alkanes) is 2. The van der Waals surface area contributed by atoms with Crippen LogP contribution in [0.3, 0.4) is 0 Å². The SMILES string of the molecule is CCCCCOC(=O)C(CC(C)C)NC(=O)C(F)(F)C(F)(F)C(F)(F)C(F)(F)C(F)(F)C(F)(F)C(F)(F)F. The van der Waals surface area contributed by atoms with E-state index in [-0.39, 0.29) is 6.42 Å². The van der Waals surface area contributed by atoms with Gasteiger partial charge in [-0.25, -0.2) is 4.79 Å². The van der Waals surface area contributed by atoms with Gasteiger partial charge in [-0.1, -0.05) is 33.6 Å². The molecule has 0 rings (SSSR count). The highest BCUT2D eigenvalue weighted by Gasteiger charge is 2.94. The van der Waals surface area contributed by atoms with Crippen molar-refractivity contribution in [3.63, 3.8) is 0 Å². The van der Waals surface area contributed by atoms with Gasteiger partial charge in [0.15, 0.2) is 0 Å². The quantitative estimate of drug-likeness (QED) is 0.139. The molecule has 0 bridgehead atoms. The van der Waals surface area contributed by atoms with E-state index in [0.29, 0.717) is 12.8 Å². The standard InChI is InChI=1S/C19H22F15NO3/c1-4-5-6-7-38-11(36)10(8-9(2)3)35-12(37)13(20,21)14(22,23)15(24,25)16(26,27)17(28,29)18(30,31)19(32,33)34/h9-10H,4-8H2,1-3H3,(H,35,37). The summed E-state index contributed by atoms with van der Waals surface area (Å²) in [6, 6.07) is -2.30. The van der Waals surface area contributed by atoms with Crippen LogP contribution >= 0.6 is 0 Å². The molecule has 0 spiro atoms. The molecule has 0 heterocycles. The van der Waals surface area contributed by atoms with Crippen LogP contribution in [-0.4, -0.2) is 66.2 Å². The molecule has 0 radical (unpaired) electrons. The van der Waals surface area contributed by atoms with E-state index >= 15 is 0 Å². The zero-order valence-electron chi connectivity index (χ0n) is 19.6. The number of hydrogen-bond donors (Lipinski definition) is 1. The Morgan fingerprint density at radius 3 is 1.50 bits per heavy atom. The van der Waals surface area contributed by atoms with Crippen LogP contribution in [0.25, 0.3) is 0 Å². The summed E-state index contributed by atoms with van der Waals surface area (Å²) in [6.07, 6.45) is -7.16.